The number of aliphatic hydroxyl groups is 2. The summed E-state index contributed by atoms with van der Waals surface area (Å²) in [7, 11) is 0. The molecule has 1 fully saturated rings. The average molecular weight is 323 g/mol. The van der Waals surface area contributed by atoms with Gasteiger partial charge in [-0.15, -0.1) is 10.2 Å². The summed E-state index contributed by atoms with van der Waals surface area (Å²) in [5, 5.41) is 33.8. The molecule has 0 bridgehead atoms. The molecule has 1 aromatic rings. The molecule has 23 heavy (non-hydrogen) atoms. The van der Waals surface area contributed by atoms with Gasteiger partial charge in [-0.05, 0) is 25.8 Å². The maximum absolute atomic E-state index is 12.1. The number of piperidine rings is 1. The molecule has 128 valence electrons. The first-order valence-electron chi connectivity index (χ1n) is 8.45. The van der Waals surface area contributed by atoms with E-state index < -0.39 is 18.2 Å². The molecular weight excluding hydrogens is 298 g/mol. The molecule has 3 rings (SSSR count). The maximum atomic E-state index is 12.1. The standard InChI is InChI=1S/C15H25N5O3/c21-10-5-7-16-13(14(10)22)15(23)17-8-6-12-19-18-11-4-2-1-3-9-20(11)12/h10,13-14,16,21-22H,1-9H2,(H,17,23)/t10-,13+,14-/m1/s1. The third-order valence-electron chi connectivity index (χ3n) is 4.66. The summed E-state index contributed by atoms with van der Waals surface area (Å²) < 4.78 is 2.16. The molecule has 1 amide bonds. The molecule has 0 unspecified atom stereocenters. The number of aliphatic hydroxyl groups excluding tert-OH is 2. The minimum absolute atomic E-state index is 0.285. The van der Waals surface area contributed by atoms with Crippen LogP contribution in [0.25, 0.3) is 0 Å². The van der Waals surface area contributed by atoms with Crippen LogP contribution in [0.15, 0.2) is 0 Å². The van der Waals surface area contributed by atoms with E-state index in [4.69, 9.17) is 0 Å². The molecule has 0 saturated carbocycles. The van der Waals surface area contributed by atoms with Crippen LogP contribution in [-0.4, -0.2) is 62.2 Å². The summed E-state index contributed by atoms with van der Waals surface area (Å²) in [6.07, 6.45) is 3.64. The lowest BCUT2D eigenvalue weighted by molar-refractivity contribution is -0.130. The van der Waals surface area contributed by atoms with Crippen LogP contribution in [0.2, 0.25) is 0 Å². The topological polar surface area (TPSA) is 112 Å². The molecule has 8 heteroatoms. The van der Waals surface area contributed by atoms with E-state index in [0.717, 1.165) is 37.5 Å². The molecule has 0 spiro atoms. The number of nitrogens with zero attached hydrogens (tertiary/aromatic N) is 3. The summed E-state index contributed by atoms with van der Waals surface area (Å²) in [6, 6.07) is -0.755. The van der Waals surface area contributed by atoms with E-state index in [1.165, 1.54) is 6.42 Å². The molecule has 2 aliphatic rings. The second kappa shape index (κ2) is 7.37. The van der Waals surface area contributed by atoms with Crippen LogP contribution in [0.1, 0.15) is 37.3 Å². The molecule has 4 N–H and O–H groups in total. The van der Waals surface area contributed by atoms with Gasteiger partial charge in [0.2, 0.25) is 5.91 Å². The van der Waals surface area contributed by atoms with Gasteiger partial charge in [0.25, 0.3) is 0 Å². The maximum Gasteiger partial charge on any atom is 0.239 e. The fraction of sp³-hybridized carbons (Fsp3) is 0.800. The Morgan fingerprint density at radius 2 is 2.17 bits per heavy atom. The minimum Gasteiger partial charge on any atom is -0.390 e. The zero-order valence-electron chi connectivity index (χ0n) is 13.2. The van der Waals surface area contributed by atoms with Gasteiger partial charge in [0.15, 0.2) is 0 Å². The van der Waals surface area contributed by atoms with Crippen molar-refractivity contribution in [3.63, 3.8) is 0 Å². The molecule has 0 aliphatic carbocycles. The van der Waals surface area contributed by atoms with Gasteiger partial charge in [0.05, 0.1) is 6.10 Å². The van der Waals surface area contributed by atoms with E-state index in [-0.39, 0.29) is 5.91 Å². The van der Waals surface area contributed by atoms with Gasteiger partial charge in [0, 0.05) is 25.9 Å². The number of carbonyl (C=O) groups excluding carboxylic acids is 1. The van der Waals surface area contributed by atoms with Crippen molar-refractivity contribution < 1.29 is 15.0 Å². The van der Waals surface area contributed by atoms with Crippen molar-refractivity contribution >= 4 is 5.91 Å². The van der Waals surface area contributed by atoms with E-state index in [0.29, 0.717) is 25.9 Å². The zero-order valence-corrected chi connectivity index (χ0v) is 13.2. The average Bonchev–Trinajstić information content (AvgIpc) is 2.78. The van der Waals surface area contributed by atoms with Gasteiger partial charge in [-0.3, -0.25) is 4.79 Å². The highest BCUT2D eigenvalue weighted by atomic mass is 16.3. The number of carbonyl (C=O) groups is 1. The highest BCUT2D eigenvalue weighted by molar-refractivity contribution is 5.82. The van der Waals surface area contributed by atoms with E-state index in [9.17, 15) is 15.0 Å². The number of fused-ring (bicyclic) bond motifs is 1. The Morgan fingerprint density at radius 1 is 1.30 bits per heavy atom. The van der Waals surface area contributed by atoms with Crippen molar-refractivity contribution in [2.24, 2.45) is 0 Å². The Balaban J connectivity index is 1.51. The van der Waals surface area contributed by atoms with E-state index in [1.54, 1.807) is 0 Å². The van der Waals surface area contributed by atoms with Crippen molar-refractivity contribution in [2.45, 2.75) is 63.3 Å². The highest BCUT2D eigenvalue weighted by Gasteiger charge is 2.34. The molecule has 1 saturated heterocycles. The summed E-state index contributed by atoms with van der Waals surface area (Å²) >= 11 is 0. The molecule has 0 aromatic carbocycles. The fourth-order valence-corrected chi connectivity index (χ4v) is 3.29. The Morgan fingerprint density at radius 3 is 3.04 bits per heavy atom. The number of hydrogen-bond acceptors (Lipinski definition) is 6. The second-order valence-electron chi connectivity index (χ2n) is 6.31. The van der Waals surface area contributed by atoms with Gasteiger partial charge in [-0.1, -0.05) is 6.42 Å². The first-order chi connectivity index (χ1) is 11.2. The lowest BCUT2D eigenvalue weighted by Crippen LogP contribution is -2.59. The van der Waals surface area contributed by atoms with Crippen molar-refractivity contribution in [3.05, 3.63) is 11.6 Å². The fourth-order valence-electron chi connectivity index (χ4n) is 3.29. The number of nitrogens with one attached hydrogen (secondary N) is 2. The largest absolute Gasteiger partial charge is 0.390 e. The zero-order chi connectivity index (χ0) is 16.2. The van der Waals surface area contributed by atoms with Gasteiger partial charge >= 0.3 is 0 Å². The van der Waals surface area contributed by atoms with Crippen LogP contribution in [0, 0.1) is 0 Å². The molecule has 3 heterocycles. The number of aromatic nitrogens is 3. The number of aryl methyl sites for hydroxylation is 1. The molecule has 3 atom stereocenters. The van der Waals surface area contributed by atoms with Crippen molar-refractivity contribution in [3.8, 4) is 0 Å². The molecule has 8 nitrogen and oxygen atoms in total. The van der Waals surface area contributed by atoms with Crippen LogP contribution in [-0.2, 0) is 24.2 Å². The van der Waals surface area contributed by atoms with Gasteiger partial charge in [-0.25, -0.2) is 0 Å². The third kappa shape index (κ3) is 3.70. The first-order valence-corrected chi connectivity index (χ1v) is 8.45. The summed E-state index contributed by atoms with van der Waals surface area (Å²) in [5.74, 6) is 1.66. The predicted molar refractivity (Wildman–Crippen MR) is 82.7 cm³/mol. The monoisotopic (exact) mass is 323 g/mol. The smallest absolute Gasteiger partial charge is 0.239 e. The number of amides is 1. The lowest BCUT2D eigenvalue weighted by Gasteiger charge is -2.31. The molecule has 0 radical (unpaired) electrons. The summed E-state index contributed by atoms with van der Waals surface area (Å²) in [4.78, 5) is 12.1. The van der Waals surface area contributed by atoms with Gasteiger partial charge in [-0.2, -0.15) is 0 Å². The first kappa shape index (κ1) is 16.4. The van der Waals surface area contributed by atoms with Crippen molar-refractivity contribution in [1.82, 2.24) is 25.4 Å². The van der Waals surface area contributed by atoms with E-state index >= 15 is 0 Å². The highest BCUT2D eigenvalue weighted by Crippen LogP contribution is 2.14. The Labute approximate surface area is 135 Å². The predicted octanol–water partition coefficient (Wildman–Crippen LogP) is -1.25. The van der Waals surface area contributed by atoms with Crippen molar-refractivity contribution in [1.29, 1.82) is 0 Å². The normalized spacial score (nSPS) is 28.0. The number of hydrogen-bond donors (Lipinski definition) is 4. The molecular formula is C15H25N5O3. The molecule has 2 aliphatic heterocycles. The SMILES string of the molecule is O=C(NCCc1nnc2n1CCCCC2)[C@H]1NCC[C@@H](O)[C@H]1O. The lowest BCUT2D eigenvalue weighted by atomic mass is 9.98. The van der Waals surface area contributed by atoms with Crippen LogP contribution in [0.4, 0.5) is 0 Å². The van der Waals surface area contributed by atoms with E-state index in [2.05, 4.69) is 25.4 Å². The van der Waals surface area contributed by atoms with Crippen LogP contribution in [0.5, 0.6) is 0 Å². The van der Waals surface area contributed by atoms with Crippen molar-refractivity contribution in [2.75, 3.05) is 13.1 Å². The summed E-state index contributed by atoms with van der Waals surface area (Å²) in [5.41, 5.74) is 0. The minimum atomic E-state index is -1.06. The van der Waals surface area contributed by atoms with Crippen LogP contribution >= 0.6 is 0 Å². The van der Waals surface area contributed by atoms with E-state index in [1.807, 2.05) is 0 Å². The summed E-state index contributed by atoms with van der Waals surface area (Å²) in [6.45, 7) is 1.91. The van der Waals surface area contributed by atoms with Gasteiger partial charge in [0.1, 0.15) is 23.8 Å². The van der Waals surface area contributed by atoms with Gasteiger partial charge < -0.3 is 25.4 Å². The van der Waals surface area contributed by atoms with Crippen LogP contribution in [0.3, 0.4) is 0 Å². The molecule has 1 aromatic heterocycles. The van der Waals surface area contributed by atoms with Crippen LogP contribution < -0.4 is 10.6 Å². The Bertz CT molecular complexity index is 547. The quantitative estimate of drug-likeness (QED) is 0.551. The Hall–Kier alpha value is -1.51. The third-order valence-corrected chi connectivity index (χ3v) is 4.66. The number of rotatable bonds is 4. The Kier molecular flexibility index (Phi) is 5.24. The second-order valence-corrected chi connectivity index (χ2v) is 6.31.